The lowest BCUT2D eigenvalue weighted by atomic mass is 10.2. The van der Waals surface area contributed by atoms with Gasteiger partial charge in [0.05, 0.1) is 0 Å². The number of ether oxygens (including phenoxy) is 1. The van der Waals surface area contributed by atoms with Crippen molar-refractivity contribution < 1.29 is 9.13 Å². The molecule has 2 N–H and O–H groups in total. The van der Waals surface area contributed by atoms with Crippen LogP contribution in [0.25, 0.3) is 0 Å². The lowest BCUT2D eigenvalue weighted by Crippen LogP contribution is -1.97. The largest absolute Gasteiger partial charge is 0.454 e. The fourth-order valence-electron chi connectivity index (χ4n) is 1.52. The van der Waals surface area contributed by atoms with Gasteiger partial charge in [0.2, 0.25) is 0 Å². The van der Waals surface area contributed by atoms with E-state index in [1.165, 1.54) is 6.07 Å². The molecule has 0 bridgehead atoms. The number of hydrogen-bond acceptors (Lipinski definition) is 3. The molecule has 0 radical (unpaired) electrons. The summed E-state index contributed by atoms with van der Waals surface area (Å²) in [6.07, 6.45) is 2.00. The zero-order valence-electron chi connectivity index (χ0n) is 10.0. The van der Waals surface area contributed by atoms with Crippen LogP contribution in [0.4, 0.5) is 4.39 Å². The van der Waals surface area contributed by atoms with Crippen LogP contribution in [0.2, 0.25) is 0 Å². The van der Waals surface area contributed by atoms with Crippen LogP contribution in [-0.4, -0.2) is 6.26 Å². The summed E-state index contributed by atoms with van der Waals surface area (Å²) in [6.45, 7) is 0.319. The second-order valence-electron chi connectivity index (χ2n) is 3.75. The monoisotopic (exact) mass is 263 g/mol. The van der Waals surface area contributed by atoms with Gasteiger partial charge in [0, 0.05) is 11.4 Å². The fourth-order valence-corrected chi connectivity index (χ4v) is 1.93. The average Bonchev–Trinajstić information content (AvgIpc) is 2.42. The van der Waals surface area contributed by atoms with Gasteiger partial charge in [-0.3, -0.25) is 0 Å². The van der Waals surface area contributed by atoms with Crippen molar-refractivity contribution in [2.75, 3.05) is 6.26 Å². The molecular weight excluding hydrogens is 249 g/mol. The lowest BCUT2D eigenvalue weighted by molar-refractivity contribution is 0.441. The summed E-state index contributed by atoms with van der Waals surface area (Å²) in [5, 5.41) is 0. The van der Waals surface area contributed by atoms with Gasteiger partial charge in [-0.2, -0.15) is 0 Å². The summed E-state index contributed by atoms with van der Waals surface area (Å²) in [6, 6.07) is 12.3. The first-order valence-corrected chi connectivity index (χ1v) is 6.76. The maximum atomic E-state index is 13.7. The highest BCUT2D eigenvalue weighted by Gasteiger charge is 2.05. The van der Waals surface area contributed by atoms with Crippen molar-refractivity contribution in [1.82, 2.24) is 0 Å². The highest BCUT2D eigenvalue weighted by molar-refractivity contribution is 7.98. The highest BCUT2D eigenvalue weighted by atomic mass is 32.2. The standard InChI is InChI=1S/C14H14FNOS/c1-18-12-5-3-11(4-6-12)17-14-7-2-10(9-16)8-13(14)15/h2-8H,9,16H2,1H3. The first kappa shape index (κ1) is 12.9. The van der Waals surface area contributed by atoms with Crippen LogP contribution in [0.5, 0.6) is 11.5 Å². The molecule has 0 saturated heterocycles. The first-order valence-electron chi connectivity index (χ1n) is 5.53. The summed E-state index contributed by atoms with van der Waals surface area (Å²) in [4.78, 5) is 1.14. The Morgan fingerprint density at radius 3 is 2.44 bits per heavy atom. The first-order chi connectivity index (χ1) is 8.72. The van der Waals surface area contributed by atoms with Crippen LogP contribution in [0.15, 0.2) is 47.4 Å². The van der Waals surface area contributed by atoms with Crippen molar-refractivity contribution in [3.8, 4) is 11.5 Å². The van der Waals surface area contributed by atoms with Gasteiger partial charge in [-0.1, -0.05) is 6.07 Å². The minimum absolute atomic E-state index is 0.212. The summed E-state index contributed by atoms with van der Waals surface area (Å²) >= 11 is 1.65. The van der Waals surface area contributed by atoms with E-state index in [1.807, 2.05) is 30.5 Å². The zero-order valence-corrected chi connectivity index (χ0v) is 10.8. The van der Waals surface area contributed by atoms with Gasteiger partial charge in [-0.05, 0) is 48.2 Å². The molecule has 0 spiro atoms. The summed E-state index contributed by atoms with van der Waals surface area (Å²) in [5.41, 5.74) is 6.19. The average molecular weight is 263 g/mol. The summed E-state index contributed by atoms with van der Waals surface area (Å²) in [5.74, 6) is 0.434. The number of benzene rings is 2. The van der Waals surface area contributed by atoms with Gasteiger partial charge in [-0.15, -0.1) is 11.8 Å². The molecule has 0 amide bonds. The van der Waals surface area contributed by atoms with Crippen LogP contribution in [0.1, 0.15) is 5.56 Å². The van der Waals surface area contributed by atoms with E-state index in [0.29, 0.717) is 12.3 Å². The molecule has 2 aromatic rings. The Morgan fingerprint density at radius 2 is 1.89 bits per heavy atom. The SMILES string of the molecule is CSc1ccc(Oc2ccc(CN)cc2F)cc1. The smallest absolute Gasteiger partial charge is 0.166 e. The number of hydrogen-bond donors (Lipinski definition) is 1. The van der Waals surface area contributed by atoms with E-state index in [0.717, 1.165) is 10.5 Å². The quantitative estimate of drug-likeness (QED) is 0.852. The predicted molar refractivity (Wildman–Crippen MR) is 72.6 cm³/mol. The third kappa shape index (κ3) is 3.03. The fraction of sp³-hybridized carbons (Fsp3) is 0.143. The van der Waals surface area contributed by atoms with E-state index >= 15 is 0 Å². The number of thioether (sulfide) groups is 1. The second-order valence-corrected chi connectivity index (χ2v) is 4.63. The third-order valence-corrected chi connectivity index (χ3v) is 3.26. The molecule has 0 aliphatic rings. The van der Waals surface area contributed by atoms with Gasteiger partial charge in [0.15, 0.2) is 11.6 Å². The molecule has 0 saturated carbocycles. The van der Waals surface area contributed by atoms with Crippen molar-refractivity contribution in [1.29, 1.82) is 0 Å². The van der Waals surface area contributed by atoms with Crippen molar-refractivity contribution in [3.63, 3.8) is 0 Å². The minimum Gasteiger partial charge on any atom is -0.454 e. The minimum atomic E-state index is -0.396. The Hall–Kier alpha value is -1.52. The molecule has 2 nitrogen and oxygen atoms in total. The molecule has 0 aromatic heterocycles. The third-order valence-electron chi connectivity index (χ3n) is 2.52. The molecular formula is C14H14FNOS. The maximum Gasteiger partial charge on any atom is 0.166 e. The molecule has 18 heavy (non-hydrogen) atoms. The van der Waals surface area contributed by atoms with Crippen molar-refractivity contribution >= 4 is 11.8 Å². The van der Waals surface area contributed by atoms with E-state index in [2.05, 4.69) is 0 Å². The van der Waals surface area contributed by atoms with E-state index in [9.17, 15) is 4.39 Å². The van der Waals surface area contributed by atoms with Gasteiger partial charge >= 0.3 is 0 Å². The molecule has 94 valence electrons. The van der Waals surface area contributed by atoms with Crippen molar-refractivity contribution in [2.45, 2.75) is 11.4 Å². The molecule has 0 unspecified atom stereocenters. The van der Waals surface area contributed by atoms with E-state index in [4.69, 9.17) is 10.5 Å². The van der Waals surface area contributed by atoms with E-state index in [1.54, 1.807) is 23.9 Å². The Morgan fingerprint density at radius 1 is 1.17 bits per heavy atom. The number of rotatable bonds is 4. The summed E-state index contributed by atoms with van der Waals surface area (Å²) < 4.78 is 19.2. The van der Waals surface area contributed by atoms with Crippen LogP contribution in [0, 0.1) is 5.82 Å². The molecule has 2 rings (SSSR count). The predicted octanol–water partition coefficient (Wildman–Crippen LogP) is 3.80. The van der Waals surface area contributed by atoms with Crippen molar-refractivity contribution in [2.24, 2.45) is 5.73 Å². The van der Waals surface area contributed by atoms with E-state index < -0.39 is 5.82 Å². The van der Waals surface area contributed by atoms with Gasteiger partial charge in [0.25, 0.3) is 0 Å². The highest BCUT2D eigenvalue weighted by Crippen LogP contribution is 2.26. The molecule has 2 aromatic carbocycles. The normalized spacial score (nSPS) is 10.4. The van der Waals surface area contributed by atoms with Gasteiger partial charge in [-0.25, -0.2) is 4.39 Å². The van der Waals surface area contributed by atoms with Gasteiger partial charge < -0.3 is 10.5 Å². The topological polar surface area (TPSA) is 35.2 Å². The Bertz CT molecular complexity index is 528. The van der Waals surface area contributed by atoms with Crippen molar-refractivity contribution in [3.05, 3.63) is 53.8 Å². The lowest BCUT2D eigenvalue weighted by Gasteiger charge is -2.08. The van der Waals surface area contributed by atoms with Crippen LogP contribution < -0.4 is 10.5 Å². The molecule has 0 atom stereocenters. The Balaban J connectivity index is 2.17. The number of nitrogens with two attached hydrogens (primary N) is 1. The molecule has 0 fully saturated rings. The Labute approximate surface area is 110 Å². The maximum absolute atomic E-state index is 13.7. The number of halogens is 1. The molecule has 4 heteroatoms. The van der Waals surface area contributed by atoms with Crippen LogP contribution in [-0.2, 0) is 6.54 Å². The molecule has 0 heterocycles. The second kappa shape index (κ2) is 5.89. The molecule has 0 aliphatic heterocycles. The molecule has 0 aliphatic carbocycles. The van der Waals surface area contributed by atoms with Gasteiger partial charge in [0.1, 0.15) is 5.75 Å². The van der Waals surface area contributed by atoms with Crippen LogP contribution >= 0.6 is 11.8 Å². The zero-order chi connectivity index (χ0) is 13.0. The summed E-state index contributed by atoms with van der Waals surface area (Å²) in [7, 11) is 0. The Kier molecular flexibility index (Phi) is 4.23. The van der Waals surface area contributed by atoms with E-state index in [-0.39, 0.29) is 5.75 Å². The van der Waals surface area contributed by atoms with Crippen LogP contribution in [0.3, 0.4) is 0 Å².